The van der Waals surface area contributed by atoms with Crippen LogP contribution in [0, 0.1) is 6.92 Å². The summed E-state index contributed by atoms with van der Waals surface area (Å²) in [6.07, 6.45) is 0. The number of benzene rings is 3. The van der Waals surface area contributed by atoms with Crippen molar-refractivity contribution in [2.45, 2.75) is 11.8 Å². The summed E-state index contributed by atoms with van der Waals surface area (Å²) in [7, 11) is -0.854. The van der Waals surface area contributed by atoms with Crippen molar-refractivity contribution in [2.75, 3.05) is 26.0 Å². The Morgan fingerprint density at radius 3 is 2.61 bits per heavy atom. The summed E-state index contributed by atoms with van der Waals surface area (Å²) < 4.78 is 32.4. The van der Waals surface area contributed by atoms with Crippen LogP contribution < -0.4 is 10.1 Å². The molecule has 0 spiro atoms. The molecule has 0 unspecified atom stereocenters. The Labute approximate surface area is 196 Å². The molecule has 0 fully saturated rings. The lowest BCUT2D eigenvalue weighted by atomic mass is 10.1. The first-order chi connectivity index (χ1) is 15.8. The number of rotatable bonds is 7. The Balaban J connectivity index is 1.47. The molecule has 7 nitrogen and oxygen atoms in total. The molecule has 0 aliphatic rings. The second kappa shape index (κ2) is 9.30. The highest BCUT2D eigenvalue weighted by Crippen LogP contribution is 2.33. The fourth-order valence-corrected chi connectivity index (χ4v) is 5.32. The molecule has 3 aromatic carbocycles. The van der Waals surface area contributed by atoms with Gasteiger partial charge in [-0.1, -0.05) is 42.0 Å². The summed E-state index contributed by atoms with van der Waals surface area (Å²) in [4.78, 5) is 17.2. The van der Waals surface area contributed by atoms with Gasteiger partial charge in [0.15, 0.2) is 5.13 Å². The maximum atomic E-state index is 13.0. The first kappa shape index (κ1) is 22.9. The molecule has 1 heterocycles. The number of carbonyl (C=O) groups excluding carboxylic acids is 1. The van der Waals surface area contributed by atoms with Gasteiger partial charge in [-0.25, -0.2) is 13.4 Å². The second-order valence-electron chi connectivity index (χ2n) is 7.56. The molecule has 4 rings (SSSR count). The molecule has 0 radical (unpaired) electrons. The molecule has 1 N–H and O–H groups in total. The summed E-state index contributed by atoms with van der Waals surface area (Å²) in [5.74, 6) is 0.212. The Morgan fingerprint density at radius 1 is 1.09 bits per heavy atom. The lowest BCUT2D eigenvalue weighted by Gasteiger charge is -2.17. The molecule has 0 saturated heterocycles. The average Bonchev–Trinajstić information content (AvgIpc) is 3.26. The molecule has 33 heavy (non-hydrogen) atoms. The zero-order chi connectivity index (χ0) is 23.6. The zero-order valence-corrected chi connectivity index (χ0v) is 20.0. The molecule has 0 bridgehead atoms. The fraction of sp³-hybridized carbons (Fsp3) is 0.167. The first-order valence-corrected chi connectivity index (χ1v) is 12.5. The van der Waals surface area contributed by atoms with Crippen molar-refractivity contribution in [2.24, 2.45) is 0 Å². The van der Waals surface area contributed by atoms with Gasteiger partial charge in [-0.2, -0.15) is 4.31 Å². The van der Waals surface area contributed by atoms with Gasteiger partial charge < -0.3 is 10.1 Å². The van der Waals surface area contributed by atoms with Crippen LogP contribution in [0.25, 0.3) is 22.0 Å². The van der Waals surface area contributed by atoms with Gasteiger partial charge in [0.2, 0.25) is 15.9 Å². The van der Waals surface area contributed by atoms with Crippen molar-refractivity contribution in [3.63, 3.8) is 0 Å². The number of nitrogens with zero attached hydrogens (tertiary/aromatic N) is 2. The van der Waals surface area contributed by atoms with Crippen molar-refractivity contribution in [3.05, 3.63) is 71.6 Å². The highest BCUT2D eigenvalue weighted by Gasteiger charge is 2.24. The fourth-order valence-electron chi connectivity index (χ4n) is 3.43. The molecule has 1 aromatic heterocycles. The second-order valence-corrected chi connectivity index (χ2v) is 10.5. The van der Waals surface area contributed by atoms with Crippen LogP contribution in [0.1, 0.15) is 5.56 Å². The van der Waals surface area contributed by atoms with E-state index in [4.69, 9.17) is 4.74 Å². The maximum Gasteiger partial charge on any atom is 0.243 e. The molecule has 170 valence electrons. The third-order valence-electron chi connectivity index (χ3n) is 5.18. The third-order valence-corrected chi connectivity index (χ3v) is 7.73. The van der Waals surface area contributed by atoms with Crippen LogP contribution in [0.2, 0.25) is 0 Å². The number of hydrogen-bond donors (Lipinski definition) is 1. The Hall–Kier alpha value is -3.27. The lowest BCUT2D eigenvalue weighted by molar-refractivity contribution is -0.116. The molecule has 4 aromatic rings. The number of likely N-dealkylation sites (N-methyl/N-ethyl adjacent to an activating group) is 1. The number of sulfonamides is 1. The maximum absolute atomic E-state index is 13.0. The minimum Gasteiger partial charge on any atom is -0.496 e. The van der Waals surface area contributed by atoms with E-state index in [1.165, 1.54) is 18.4 Å². The van der Waals surface area contributed by atoms with Crippen LogP contribution in [0.3, 0.4) is 0 Å². The summed E-state index contributed by atoms with van der Waals surface area (Å²) >= 11 is 1.26. The number of methoxy groups -OCH3 is 1. The van der Waals surface area contributed by atoms with Crippen LogP contribution in [0.15, 0.2) is 70.9 Å². The number of aromatic nitrogens is 1. The van der Waals surface area contributed by atoms with E-state index in [-0.39, 0.29) is 11.4 Å². The summed E-state index contributed by atoms with van der Waals surface area (Å²) in [6.45, 7) is 1.64. The SMILES string of the molecule is COc1ccc(C)cc1-c1csc(NC(=O)CN(C)S(=O)(=O)c2ccc3ccccc3c2)n1. The monoisotopic (exact) mass is 481 g/mol. The predicted molar refractivity (Wildman–Crippen MR) is 131 cm³/mol. The van der Waals surface area contributed by atoms with Crippen LogP contribution >= 0.6 is 11.3 Å². The van der Waals surface area contributed by atoms with Crippen molar-refractivity contribution >= 4 is 43.2 Å². The van der Waals surface area contributed by atoms with Gasteiger partial charge in [0.25, 0.3) is 0 Å². The number of thiazole rings is 1. The summed E-state index contributed by atoms with van der Waals surface area (Å²) in [6, 6.07) is 18.2. The minimum absolute atomic E-state index is 0.138. The van der Waals surface area contributed by atoms with Crippen molar-refractivity contribution in [3.8, 4) is 17.0 Å². The first-order valence-electron chi connectivity index (χ1n) is 10.1. The van der Waals surface area contributed by atoms with Crippen LogP contribution in [0.4, 0.5) is 5.13 Å². The van der Waals surface area contributed by atoms with Crippen LogP contribution in [-0.4, -0.2) is 44.3 Å². The number of anilines is 1. The third kappa shape index (κ3) is 4.90. The average molecular weight is 482 g/mol. The van der Waals surface area contributed by atoms with E-state index in [1.54, 1.807) is 25.3 Å². The van der Waals surface area contributed by atoms with Gasteiger partial charge in [-0.15, -0.1) is 11.3 Å². The van der Waals surface area contributed by atoms with Crippen LogP contribution in [0.5, 0.6) is 5.75 Å². The smallest absolute Gasteiger partial charge is 0.243 e. The molecular weight excluding hydrogens is 458 g/mol. The van der Waals surface area contributed by atoms with E-state index in [0.717, 1.165) is 26.2 Å². The van der Waals surface area contributed by atoms with Crippen molar-refractivity contribution < 1.29 is 17.9 Å². The number of carbonyl (C=O) groups is 1. The molecule has 0 aliphatic carbocycles. The van der Waals surface area contributed by atoms with Gasteiger partial charge in [0.1, 0.15) is 5.75 Å². The summed E-state index contributed by atoms with van der Waals surface area (Å²) in [5, 5.41) is 6.66. The number of hydrogen-bond acceptors (Lipinski definition) is 6. The highest BCUT2D eigenvalue weighted by molar-refractivity contribution is 7.89. The topological polar surface area (TPSA) is 88.6 Å². The minimum atomic E-state index is -3.83. The molecular formula is C24H23N3O4S2. The molecule has 0 aliphatic heterocycles. The number of ether oxygens (including phenoxy) is 1. The van der Waals surface area contributed by atoms with Crippen LogP contribution in [-0.2, 0) is 14.8 Å². The number of amides is 1. The van der Waals surface area contributed by atoms with E-state index in [0.29, 0.717) is 16.6 Å². The van der Waals surface area contributed by atoms with E-state index in [1.807, 2.05) is 54.8 Å². The number of aryl methyl sites for hydroxylation is 1. The van der Waals surface area contributed by atoms with E-state index in [9.17, 15) is 13.2 Å². The van der Waals surface area contributed by atoms with Gasteiger partial charge in [-0.05, 0) is 42.0 Å². The Kier molecular flexibility index (Phi) is 6.46. The predicted octanol–water partition coefficient (Wildman–Crippen LogP) is 4.54. The normalized spacial score (nSPS) is 11.6. The van der Waals surface area contributed by atoms with E-state index < -0.39 is 15.9 Å². The zero-order valence-electron chi connectivity index (χ0n) is 18.4. The van der Waals surface area contributed by atoms with Gasteiger partial charge in [0.05, 0.1) is 24.2 Å². The Morgan fingerprint density at radius 2 is 1.85 bits per heavy atom. The molecule has 0 saturated carbocycles. The van der Waals surface area contributed by atoms with E-state index >= 15 is 0 Å². The van der Waals surface area contributed by atoms with E-state index in [2.05, 4.69) is 10.3 Å². The summed E-state index contributed by atoms with van der Waals surface area (Å²) in [5.41, 5.74) is 2.56. The lowest BCUT2D eigenvalue weighted by Crippen LogP contribution is -2.34. The quantitative estimate of drug-likeness (QED) is 0.419. The van der Waals surface area contributed by atoms with Crippen molar-refractivity contribution in [1.29, 1.82) is 0 Å². The number of fused-ring (bicyclic) bond motifs is 1. The number of nitrogens with one attached hydrogen (secondary N) is 1. The molecule has 0 atom stereocenters. The molecule has 9 heteroatoms. The Bertz CT molecular complexity index is 1430. The van der Waals surface area contributed by atoms with Gasteiger partial charge in [-0.3, -0.25) is 4.79 Å². The largest absolute Gasteiger partial charge is 0.496 e. The molecule has 1 amide bonds. The standard InChI is InChI=1S/C24H23N3O4S2/c1-16-8-11-22(31-3)20(12-16)21-15-32-24(25-21)26-23(28)14-27(2)33(29,30)19-10-9-17-6-4-5-7-18(17)13-19/h4-13,15H,14H2,1-3H3,(H,25,26,28). The highest BCUT2D eigenvalue weighted by atomic mass is 32.2. The van der Waals surface area contributed by atoms with Gasteiger partial charge in [0, 0.05) is 18.0 Å². The van der Waals surface area contributed by atoms with Crippen molar-refractivity contribution in [1.82, 2.24) is 9.29 Å². The van der Waals surface area contributed by atoms with Gasteiger partial charge >= 0.3 is 0 Å².